The number of aliphatic hydroxyl groups is 1. The molecule has 0 spiro atoms. The quantitative estimate of drug-likeness (QED) is 0.732. The molecule has 0 bridgehead atoms. The van der Waals surface area contributed by atoms with E-state index in [1.54, 1.807) is 0 Å². The molecule has 0 aliphatic carbocycles. The zero-order chi connectivity index (χ0) is 15.1. The SMILES string of the molecule is CCNC(C)(CO)CCCOc1cccc2ccccc12. The summed E-state index contributed by atoms with van der Waals surface area (Å²) >= 11 is 0. The molecule has 2 aromatic rings. The molecule has 2 N–H and O–H groups in total. The maximum atomic E-state index is 9.47. The van der Waals surface area contributed by atoms with Crippen LogP contribution >= 0.6 is 0 Å². The topological polar surface area (TPSA) is 41.5 Å². The molecule has 0 saturated heterocycles. The molecule has 0 aromatic heterocycles. The molecule has 0 aliphatic rings. The van der Waals surface area contributed by atoms with Crippen LogP contribution in [0, 0.1) is 0 Å². The zero-order valence-corrected chi connectivity index (χ0v) is 12.9. The third kappa shape index (κ3) is 4.19. The van der Waals surface area contributed by atoms with Crippen LogP contribution in [0.5, 0.6) is 5.75 Å². The van der Waals surface area contributed by atoms with Gasteiger partial charge in [0.1, 0.15) is 5.75 Å². The first-order valence-corrected chi connectivity index (χ1v) is 7.65. The Balaban J connectivity index is 1.91. The van der Waals surface area contributed by atoms with Gasteiger partial charge < -0.3 is 15.2 Å². The summed E-state index contributed by atoms with van der Waals surface area (Å²) in [5.41, 5.74) is -0.211. The summed E-state index contributed by atoms with van der Waals surface area (Å²) in [6.45, 7) is 5.78. The molecule has 3 nitrogen and oxygen atoms in total. The fourth-order valence-corrected chi connectivity index (χ4v) is 2.62. The van der Waals surface area contributed by atoms with E-state index in [4.69, 9.17) is 4.74 Å². The minimum atomic E-state index is -0.211. The number of likely N-dealkylation sites (N-methyl/N-ethyl adjacent to an activating group) is 1. The van der Waals surface area contributed by atoms with Gasteiger partial charge in [-0.3, -0.25) is 0 Å². The molecule has 0 aliphatic heterocycles. The molecular formula is C18H25NO2. The smallest absolute Gasteiger partial charge is 0.127 e. The van der Waals surface area contributed by atoms with Crippen molar-refractivity contribution in [2.75, 3.05) is 19.8 Å². The minimum absolute atomic E-state index is 0.148. The molecule has 0 saturated carbocycles. The highest BCUT2D eigenvalue weighted by molar-refractivity contribution is 5.88. The lowest BCUT2D eigenvalue weighted by Crippen LogP contribution is -2.45. The van der Waals surface area contributed by atoms with Gasteiger partial charge in [-0.15, -0.1) is 0 Å². The summed E-state index contributed by atoms with van der Waals surface area (Å²) in [5, 5.41) is 15.1. The van der Waals surface area contributed by atoms with Gasteiger partial charge in [-0.05, 0) is 37.8 Å². The maximum Gasteiger partial charge on any atom is 0.127 e. The van der Waals surface area contributed by atoms with E-state index >= 15 is 0 Å². The van der Waals surface area contributed by atoms with Crippen LogP contribution in [-0.2, 0) is 0 Å². The Morgan fingerprint density at radius 2 is 1.90 bits per heavy atom. The lowest BCUT2D eigenvalue weighted by atomic mass is 9.97. The molecule has 0 amide bonds. The fraction of sp³-hybridized carbons (Fsp3) is 0.444. The summed E-state index contributed by atoms with van der Waals surface area (Å²) in [4.78, 5) is 0. The summed E-state index contributed by atoms with van der Waals surface area (Å²) in [7, 11) is 0. The van der Waals surface area contributed by atoms with Crippen molar-refractivity contribution in [3.05, 3.63) is 42.5 Å². The molecular weight excluding hydrogens is 262 g/mol. The molecule has 0 heterocycles. The molecule has 2 rings (SSSR count). The predicted octanol–water partition coefficient (Wildman–Crippen LogP) is 3.36. The highest BCUT2D eigenvalue weighted by Crippen LogP contribution is 2.25. The standard InChI is InChI=1S/C18H25NO2/c1-3-19-18(2,14-20)12-7-13-21-17-11-6-9-15-8-4-5-10-16(15)17/h4-6,8-11,19-20H,3,7,12-14H2,1-2H3. The van der Waals surface area contributed by atoms with Crippen molar-refractivity contribution in [3.8, 4) is 5.75 Å². The number of rotatable bonds is 8. The van der Waals surface area contributed by atoms with Crippen LogP contribution in [0.15, 0.2) is 42.5 Å². The Morgan fingerprint density at radius 1 is 1.14 bits per heavy atom. The van der Waals surface area contributed by atoms with Crippen LogP contribution < -0.4 is 10.1 Å². The number of aliphatic hydroxyl groups excluding tert-OH is 1. The van der Waals surface area contributed by atoms with Gasteiger partial charge in [0.05, 0.1) is 13.2 Å². The van der Waals surface area contributed by atoms with Crippen molar-refractivity contribution in [1.82, 2.24) is 5.32 Å². The maximum absolute atomic E-state index is 9.47. The van der Waals surface area contributed by atoms with E-state index < -0.39 is 0 Å². The van der Waals surface area contributed by atoms with E-state index in [-0.39, 0.29) is 12.1 Å². The number of benzene rings is 2. The van der Waals surface area contributed by atoms with Crippen LogP contribution in [0.25, 0.3) is 10.8 Å². The van der Waals surface area contributed by atoms with Crippen molar-refractivity contribution < 1.29 is 9.84 Å². The average molecular weight is 287 g/mol. The number of nitrogens with one attached hydrogen (secondary N) is 1. The number of hydrogen-bond donors (Lipinski definition) is 2. The van der Waals surface area contributed by atoms with Gasteiger partial charge in [0.25, 0.3) is 0 Å². The number of hydrogen-bond acceptors (Lipinski definition) is 3. The monoisotopic (exact) mass is 287 g/mol. The van der Waals surface area contributed by atoms with E-state index in [2.05, 4.69) is 37.4 Å². The molecule has 114 valence electrons. The van der Waals surface area contributed by atoms with Crippen molar-refractivity contribution in [2.45, 2.75) is 32.2 Å². The second-order valence-corrected chi connectivity index (χ2v) is 5.68. The van der Waals surface area contributed by atoms with E-state index in [1.165, 1.54) is 5.39 Å². The first-order chi connectivity index (χ1) is 10.2. The number of fused-ring (bicyclic) bond motifs is 1. The molecule has 0 radical (unpaired) electrons. The lowest BCUT2D eigenvalue weighted by molar-refractivity contribution is 0.158. The van der Waals surface area contributed by atoms with Gasteiger partial charge in [0.2, 0.25) is 0 Å². The van der Waals surface area contributed by atoms with Gasteiger partial charge in [-0.1, -0.05) is 43.3 Å². The van der Waals surface area contributed by atoms with E-state index in [9.17, 15) is 5.11 Å². The molecule has 3 heteroatoms. The van der Waals surface area contributed by atoms with Crippen molar-refractivity contribution in [3.63, 3.8) is 0 Å². The van der Waals surface area contributed by atoms with Gasteiger partial charge in [-0.25, -0.2) is 0 Å². The summed E-state index contributed by atoms with van der Waals surface area (Å²) in [6, 6.07) is 14.4. The lowest BCUT2D eigenvalue weighted by Gasteiger charge is -2.28. The van der Waals surface area contributed by atoms with Gasteiger partial charge in [-0.2, -0.15) is 0 Å². The Hall–Kier alpha value is -1.58. The zero-order valence-electron chi connectivity index (χ0n) is 12.9. The van der Waals surface area contributed by atoms with Crippen LogP contribution in [0.4, 0.5) is 0 Å². The van der Waals surface area contributed by atoms with E-state index in [0.29, 0.717) is 6.61 Å². The van der Waals surface area contributed by atoms with Crippen molar-refractivity contribution in [1.29, 1.82) is 0 Å². The second-order valence-electron chi connectivity index (χ2n) is 5.68. The van der Waals surface area contributed by atoms with E-state index in [1.807, 2.05) is 24.3 Å². The first kappa shape index (κ1) is 15.8. The van der Waals surface area contributed by atoms with Gasteiger partial charge in [0.15, 0.2) is 0 Å². The molecule has 2 aromatic carbocycles. The molecule has 1 atom stereocenters. The average Bonchev–Trinajstić information content (AvgIpc) is 2.52. The van der Waals surface area contributed by atoms with Gasteiger partial charge in [0, 0.05) is 10.9 Å². The summed E-state index contributed by atoms with van der Waals surface area (Å²) < 4.78 is 5.93. The summed E-state index contributed by atoms with van der Waals surface area (Å²) in [5.74, 6) is 0.933. The van der Waals surface area contributed by atoms with Gasteiger partial charge >= 0.3 is 0 Å². The summed E-state index contributed by atoms with van der Waals surface area (Å²) in [6.07, 6.45) is 1.80. The fourth-order valence-electron chi connectivity index (χ4n) is 2.62. The Kier molecular flexibility index (Phi) is 5.59. The van der Waals surface area contributed by atoms with Crippen molar-refractivity contribution in [2.24, 2.45) is 0 Å². The Labute approximate surface area is 126 Å². The van der Waals surface area contributed by atoms with Crippen molar-refractivity contribution >= 4 is 10.8 Å². The van der Waals surface area contributed by atoms with Crippen LogP contribution in [0.2, 0.25) is 0 Å². The first-order valence-electron chi connectivity index (χ1n) is 7.65. The van der Waals surface area contributed by atoms with Crippen LogP contribution in [-0.4, -0.2) is 30.4 Å². The number of ether oxygens (including phenoxy) is 1. The molecule has 21 heavy (non-hydrogen) atoms. The largest absolute Gasteiger partial charge is 0.493 e. The Morgan fingerprint density at radius 3 is 2.67 bits per heavy atom. The second kappa shape index (κ2) is 7.43. The minimum Gasteiger partial charge on any atom is -0.493 e. The van der Waals surface area contributed by atoms with E-state index in [0.717, 1.165) is 30.5 Å². The highest BCUT2D eigenvalue weighted by Gasteiger charge is 2.20. The van der Waals surface area contributed by atoms with Crippen LogP contribution in [0.1, 0.15) is 26.7 Å². The molecule has 0 fully saturated rings. The molecule has 1 unspecified atom stereocenters. The predicted molar refractivity (Wildman–Crippen MR) is 87.8 cm³/mol. The van der Waals surface area contributed by atoms with Crippen LogP contribution in [0.3, 0.4) is 0 Å². The Bertz CT molecular complexity index is 565. The third-order valence-corrected chi connectivity index (χ3v) is 3.83. The third-order valence-electron chi connectivity index (χ3n) is 3.83. The highest BCUT2D eigenvalue weighted by atomic mass is 16.5. The normalized spacial score (nSPS) is 14.0.